The Labute approximate surface area is 149 Å². The van der Waals surface area contributed by atoms with Gasteiger partial charge in [-0.25, -0.2) is 9.78 Å². The number of benzene rings is 1. The van der Waals surface area contributed by atoms with Gasteiger partial charge in [-0.1, -0.05) is 12.1 Å². The molecule has 3 rings (SSSR count). The number of carbonyl (C=O) groups is 1. The van der Waals surface area contributed by atoms with Crippen LogP contribution in [0.2, 0.25) is 0 Å². The lowest BCUT2D eigenvalue weighted by atomic mass is 9.97. The largest absolute Gasteiger partial charge is 0.465 e. The predicted molar refractivity (Wildman–Crippen MR) is 83.2 cm³/mol. The third kappa shape index (κ3) is 3.79. The second kappa shape index (κ2) is 6.58. The number of hydrogen-bond donors (Lipinski definition) is 1. The third-order valence-corrected chi connectivity index (χ3v) is 4.60. The standard InChI is InChI=1S/C17H14F6N2O2/c18-16(19,20)12-5-1-4-11-9(7-10-3-2-6-25(10)15(26)27)8-13(17(21,22)23)24-14(11)12/h1,4-5,8,10H,2-3,6-7H2,(H,26,27). The van der Waals surface area contributed by atoms with Crippen molar-refractivity contribution in [1.29, 1.82) is 0 Å². The van der Waals surface area contributed by atoms with Crippen LogP contribution in [-0.2, 0) is 18.8 Å². The summed E-state index contributed by atoms with van der Waals surface area (Å²) >= 11 is 0. The minimum Gasteiger partial charge on any atom is -0.465 e. The molecular weight excluding hydrogens is 378 g/mol. The summed E-state index contributed by atoms with van der Waals surface area (Å²) in [5, 5.41) is 9.13. The Balaban J connectivity index is 2.17. The fraction of sp³-hybridized carbons (Fsp3) is 0.412. The van der Waals surface area contributed by atoms with Crippen molar-refractivity contribution in [2.45, 2.75) is 37.7 Å². The van der Waals surface area contributed by atoms with Crippen LogP contribution in [-0.4, -0.2) is 33.7 Å². The van der Waals surface area contributed by atoms with E-state index in [2.05, 4.69) is 4.98 Å². The van der Waals surface area contributed by atoms with E-state index in [0.29, 0.717) is 25.0 Å². The molecule has 1 aromatic carbocycles. The van der Waals surface area contributed by atoms with Gasteiger partial charge in [0.25, 0.3) is 0 Å². The smallest absolute Gasteiger partial charge is 0.433 e. The maximum absolute atomic E-state index is 13.2. The fourth-order valence-corrected chi connectivity index (χ4v) is 3.42. The zero-order chi connectivity index (χ0) is 20.0. The molecule has 1 unspecified atom stereocenters. The number of amides is 1. The van der Waals surface area contributed by atoms with E-state index in [0.717, 1.165) is 11.0 Å². The SMILES string of the molecule is O=C(O)N1CCCC1Cc1cc(C(F)(F)F)nc2c(C(F)(F)F)cccc12. The summed E-state index contributed by atoms with van der Waals surface area (Å²) in [5.41, 5.74) is -3.47. The Morgan fingerprint density at radius 1 is 1.19 bits per heavy atom. The summed E-state index contributed by atoms with van der Waals surface area (Å²) in [4.78, 5) is 15.6. The molecule has 1 aliphatic heterocycles. The highest BCUT2D eigenvalue weighted by Crippen LogP contribution is 2.38. The lowest BCUT2D eigenvalue weighted by Gasteiger charge is -2.23. The van der Waals surface area contributed by atoms with Gasteiger partial charge < -0.3 is 10.0 Å². The van der Waals surface area contributed by atoms with Crippen LogP contribution < -0.4 is 0 Å². The topological polar surface area (TPSA) is 53.4 Å². The van der Waals surface area contributed by atoms with Crippen LogP contribution in [0.4, 0.5) is 31.1 Å². The number of nitrogens with zero attached hydrogens (tertiary/aromatic N) is 2. The van der Waals surface area contributed by atoms with Crippen LogP contribution >= 0.6 is 0 Å². The van der Waals surface area contributed by atoms with Gasteiger partial charge in [-0.05, 0) is 37.0 Å². The van der Waals surface area contributed by atoms with Crippen LogP contribution in [0.5, 0.6) is 0 Å². The molecule has 1 saturated heterocycles. The molecule has 4 nitrogen and oxygen atoms in total. The van der Waals surface area contributed by atoms with E-state index in [1.165, 1.54) is 6.07 Å². The molecule has 1 fully saturated rings. The van der Waals surface area contributed by atoms with Gasteiger partial charge >= 0.3 is 18.4 Å². The van der Waals surface area contributed by atoms with Crippen molar-refractivity contribution in [3.8, 4) is 0 Å². The molecule has 2 heterocycles. The molecule has 1 N–H and O–H groups in total. The molecule has 0 aliphatic carbocycles. The molecule has 10 heteroatoms. The van der Waals surface area contributed by atoms with E-state index >= 15 is 0 Å². The number of para-hydroxylation sites is 1. The molecule has 1 amide bonds. The van der Waals surface area contributed by atoms with Crippen molar-refractivity contribution in [3.63, 3.8) is 0 Å². The number of aromatic nitrogens is 1. The highest BCUT2D eigenvalue weighted by molar-refractivity contribution is 5.86. The molecule has 2 aromatic rings. The second-order valence-corrected chi connectivity index (χ2v) is 6.34. The number of pyridine rings is 1. The van der Waals surface area contributed by atoms with Gasteiger partial charge in [-0.3, -0.25) is 0 Å². The fourth-order valence-electron chi connectivity index (χ4n) is 3.42. The Morgan fingerprint density at radius 2 is 1.89 bits per heavy atom. The minimum absolute atomic E-state index is 0.00317. The maximum Gasteiger partial charge on any atom is 0.433 e. The van der Waals surface area contributed by atoms with Gasteiger partial charge in [0.15, 0.2) is 0 Å². The number of alkyl halides is 6. The van der Waals surface area contributed by atoms with Crippen LogP contribution in [0.25, 0.3) is 10.9 Å². The Kier molecular flexibility index (Phi) is 4.69. The van der Waals surface area contributed by atoms with E-state index in [1.54, 1.807) is 0 Å². The molecule has 0 spiro atoms. The number of rotatable bonds is 2. The molecule has 1 aromatic heterocycles. The molecule has 0 saturated carbocycles. The highest BCUT2D eigenvalue weighted by atomic mass is 19.4. The molecule has 1 aliphatic rings. The molecule has 146 valence electrons. The van der Waals surface area contributed by atoms with Gasteiger partial charge in [0.1, 0.15) is 5.69 Å². The van der Waals surface area contributed by atoms with Crippen LogP contribution in [0.1, 0.15) is 29.7 Å². The summed E-state index contributed by atoms with van der Waals surface area (Å²) in [6, 6.07) is 3.17. The first-order valence-corrected chi connectivity index (χ1v) is 8.05. The van der Waals surface area contributed by atoms with Crippen LogP contribution in [0.15, 0.2) is 24.3 Å². The molecule has 27 heavy (non-hydrogen) atoms. The summed E-state index contributed by atoms with van der Waals surface area (Å²) in [6.45, 7) is 0.239. The summed E-state index contributed by atoms with van der Waals surface area (Å²) in [7, 11) is 0. The lowest BCUT2D eigenvalue weighted by molar-refractivity contribution is -0.142. The number of halogens is 6. The Morgan fingerprint density at radius 3 is 2.48 bits per heavy atom. The van der Waals surface area contributed by atoms with Crippen molar-refractivity contribution in [2.24, 2.45) is 0 Å². The maximum atomic E-state index is 13.2. The molecule has 0 bridgehead atoms. The number of fused-ring (bicyclic) bond motifs is 1. The molecule has 1 atom stereocenters. The van der Waals surface area contributed by atoms with E-state index < -0.39 is 41.3 Å². The summed E-state index contributed by atoms with van der Waals surface area (Å²) in [6.07, 6.45) is -10.1. The van der Waals surface area contributed by atoms with Crippen molar-refractivity contribution < 1.29 is 36.2 Å². The third-order valence-electron chi connectivity index (χ3n) is 4.60. The molecular formula is C17H14F6N2O2. The van der Waals surface area contributed by atoms with Crippen LogP contribution in [0, 0.1) is 0 Å². The second-order valence-electron chi connectivity index (χ2n) is 6.34. The zero-order valence-electron chi connectivity index (χ0n) is 13.7. The average Bonchev–Trinajstić information content (AvgIpc) is 3.00. The zero-order valence-corrected chi connectivity index (χ0v) is 13.7. The number of likely N-dealkylation sites (tertiary alicyclic amines) is 1. The van der Waals surface area contributed by atoms with E-state index in [-0.39, 0.29) is 23.9 Å². The summed E-state index contributed by atoms with van der Waals surface area (Å²) in [5.74, 6) is 0. The predicted octanol–water partition coefficient (Wildman–Crippen LogP) is 4.96. The quantitative estimate of drug-likeness (QED) is 0.736. The number of carboxylic acid groups (broad SMARTS) is 1. The van der Waals surface area contributed by atoms with Gasteiger partial charge in [0.05, 0.1) is 11.1 Å². The minimum atomic E-state index is -4.93. The van der Waals surface area contributed by atoms with E-state index in [4.69, 9.17) is 0 Å². The Hall–Kier alpha value is -2.52. The van der Waals surface area contributed by atoms with Crippen molar-refractivity contribution in [3.05, 3.63) is 41.1 Å². The van der Waals surface area contributed by atoms with E-state index in [1.807, 2.05) is 0 Å². The van der Waals surface area contributed by atoms with Crippen molar-refractivity contribution >= 4 is 17.0 Å². The highest BCUT2D eigenvalue weighted by Gasteiger charge is 2.38. The summed E-state index contributed by atoms with van der Waals surface area (Å²) < 4.78 is 79.3. The monoisotopic (exact) mass is 392 g/mol. The first kappa shape index (κ1) is 19.2. The van der Waals surface area contributed by atoms with E-state index in [9.17, 15) is 36.2 Å². The van der Waals surface area contributed by atoms with Gasteiger partial charge in [-0.15, -0.1) is 0 Å². The van der Waals surface area contributed by atoms with Gasteiger partial charge in [0, 0.05) is 18.0 Å². The van der Waals surface area contributed by atoms with Gasteiger partial charge in [0.2, 0.25) is 0 Å². The average molecular weight is 392 g/mol. The first-order valence-electron chi connectivity index (χ1n) is 8.05. The van der Waals surface area contributed by atoms with Gasteiger partial charge in [-0.2, -0.15) is 26.3 Å². The van der Waals surface area contributed by atoms with Crippen molar-refractivity contribution in [2.75, 3.05) is 6.54 Å². The number of hydrogen-bond acceptors (Lipinski definition) is 2. The van der Waals surface area contributed by atoms with Crippen molar-refractivity contribution in [1.82, 2.24) is 9.88 Å². The Bertz CT molecular complexity index is 878. The normalized spacial score (nSPS) is 18.3. The molecule has 0 radical (unpaired) electrons. The van der Waals surface area contributed by atoms with Crippen LogP contribution in [0.3, 0.4) is 0 Å². The lowest BCUT2D eigenvalue weighted by Crippen LogP contribution is -2.35. The first-order chi connectivity index (χ1) is 12.5.